The quantitative estimate of drug-likeness (QED) is 0.455. The lowest BCUT2D eigenvalue weighted by atomic mass is 9.69. The Hall–Kier alpha value is 0.190. The summed E-state index contributed by atoms with van der Waals surface area (Å²) in [4.78, 5) is 32.6. The Morgan fingerprint density at radius 2 is 1.59 bits per heavy atom. The molecule has 6 atom stereocenters. The summed E-state index contributed by atoms with van der Waals surface area (Å²) in [6.07, 6.45) is -0.308. The zero-order valence-corrected chi connectivity index (χ0v) is 15.6. The molecule has 6 unspecified atom stereocenters. The van der Waals surface area contributed by atoms with E-state index in [4.69, 9.17) is 51.1 Å². The molecule has 0 amide bonds. The van der Waals surface area contributed by atoms with Crippen LogP contribution in [0.25, 0.3) is 0 Å². The number of esters is 1. The number of Topliss-reactive ketones (excluding diaryl/α,β-unsaturated/α-hetero) is 2. The molecule has 3 aliphatic carbocycles. The molecule has 0 heterocycles. The molecular formula is C13H9BrCl4O4. The standard InChI is InChI=1S/C13H9BrCl4O4/c1-3(19)22-9-5-2-4(6(9)14)12(17)10(20)7(15)8(16)11(21)13(5,12)18/h4-6,9H,2H2,1H3. The number of carbonyl (C=O) groups excluding carboxylic acids is 3. The first-order valence-electron chi connectivity index (χ1n) is 6.42. The van der Waals surface area contributed by atoms with Crippen molar-refractivity contribution < 1.29 is 19.1 Å². The highest BCUT2D eigenvalue weighted by atomic mass is 79.9. The largest absolute Gasteiger partial charge is 0.461 e. The Balaban J connectivity index is 2.17. The van der Waals surface area contributed by atoms with Crippen molar-refractivity contribution in [3.63, 3.8) is 0 Å². The van der Waals surface area contributed by atoms with E-state index in [-0.39, 0.29) is 0 Å². The molecule has 2 bridgehead atoms. The van der Waals surface area contributed by atoms with Gasteiger partial charge in [-0.3, -0.25) is 14.4 Å². The highest BCUT2D eigenvalue weighted by Gasteiger charge is 2.80. The molecule has 0 aromatic heterocycles. The fraction of sp³-hybridized carbons (Fsp3) is 0.615. The van der Waals surface area contributed by atoms with Crippen molar-refractivity contribution in [2.75, 3.05) is 0 Å². The third-order valence-corrected chi connectivity index (χ3v) is 8.28. The molecule has 0 saturated heterocycles. The van der Waals surface area contributed by atoms with Crippen LogP contribution in [-0.2, 0) is 19.1 Å². The van der Waals surface area contributed by atoms with Crippen molar-refractivity contribution in [2.45, 2.75) is 34.0 Å². The molecule has 3 aliphatic rings. The number of ether oxygens (including phenoxy) is 1. The molecule has 2 saturated carbocycles. The Morgan fingerprint density at radius 3 is 2.05 bits per heavy atom. The molecule has 3 rings (SSSR count). The zero-order chi connectivity index (χ0) is 16.6. The predicted octanol–water partition coefficient (Wildman–Crippen LogP) is 3.13. The van der Waals surface area contributed by atoms with Crippen molar-refractivity contribution in [1.29, 1.82) is 0 Å². The summed E-state index contributed by atoms with van der Waals surface area (Å²) in [5.41, 5.74) is 0. The highest BCUT2D eigenvalue weighted by Crippen LogP contribution is 2.68. The fourth-order valence-electron chi connectivity index (χ4n) is 3.82. The number of alkyl halides is 3. The minimum absolute atomic E-state index is 0.354. The summed E-state index contributed by atoms with van der Waals surface area (Å²) >= 11 is 28.3. The second kappa shape index (κ2) is 5.09. The number of hydrogen-bond acceptors (Lipinski definition) is 4. The van der Waals surface area contributed by atoms with Crippen molar-refractivity contribution in [2.24, 2.45) is 11.8 Å². The Kier molecular flexibility index (Phi) is 3.94. The maximum Gasteiger partial charge on any atom is 0.302 e. The number of allylic oxidation sites excluding steroid dienone is 2. The number of halogens is 5. The van der Waals surface area contributed by atoms with E-state index in [1.54, 1.807) is 0 Å². The molecule has 0 spiro atoms. The maximum atomic E-state index is 12.6. The van der Waals surface area contributed by atoms with E-state index in [1.165, 1.54) is 6.92 Å². The molecule has 0 radical (unpaired) electrons. The normalized spacial score (nSPS) is 47.0. The molecule has 120 valence electrons. The van der Waals surface area contributed by atoms with Gasteiger partial charge in [0, 0.05) is 18.8 Å². The van der Waals surface area contributed by atoms with Crippen LogP contribution >= 0.6 is 62.3 Å². The van der Waals surface area contributed by atoms with Crippen LogP contribution < -0.4 is 0 Å². The average Bonchev–Trinajstić information content (AvgIpc) is 2.89. The van der Waals surface area contributed by atoms with E-state index in [0.717, 1.165) is 0 Å². The van der Waals surface area contributed by atoms with Gasteiger partial charge in [0.2, 0.25) is 0 Å². The summed E-state index contributed by atoms with van der Waals surface area (Å²) in [6, 6.07) is 0. The van der Waals surface area contributed by atoms with Crippen LogP contribution in [0.4, 0.5) is 0 Å². The van der Waals surface area contributed by atoms with Gasteiger partial charge in [-0.15, -0.1) is 23.2 Å². The van der Waals surface area contributed by atoms with Crippen molar-refractivity contribution >= 4 is 79.9 Å². The third-order valence-electron chi connectivity index (χ3n) is 4.71. The summed E-state index contributed by atoms with van der Waals surface area (Å²) in [5.74, 6) is -2.99. The molecule has 22 heavy (non-hydrogen) atoms. The predicted molar refractivity (Wildman–Crippen MR) is 85.8 cm³/mol. The SMILES string of the molecule is CC(=O)OC1C(Br)C2CC1C1(Cl)C(=O)C(Cl)=C(Cl)C(=O)C21Cl. The minimum atomic E-state index is -1.77. The van der Waals surface area contributed by atoms with E-state index in [9.17, 15) is 14.4 Å². The van der Waals surface area contributed by atoms with Gasteiger partial charge in [-0.05, 0) is 6.42 Å². The van der Waals surface area contributed by atoms with Crippen LogP contribution in [0, 0.1) is 11.8 Å². The molecule has 9 heteroatoms. The van der Waals surface area contributed by atoms with Crippen molar-refractivity contribution in [3.8, 4) is 0 Å². The topological polar surface area (TPSA) is 60.4 Å². The summed E-state index contributed by atoms with van der Waals surface area (Å²) < 4.78 is 5.28. The lowest BCUT2D eigenvalue weighted by Crippen LogP contribution is -2.68. The first-order valence-corrected chi connectivity index (χ1v) is 8.85. The van der Waals surface area contributed by atoms with Crippen LogP contribution in [0.3, 0.4) is 0 Å². The minimum Gasteiger partial charge on any atom is -0.461 e. The van der Waals surface area contributed by atoms with Gasteiger partial charge in [-0.25, -0.2) is 0 Å². The third kappa shape index (κ3) is 1.75. The van der Waals surface area contributed by atoms with E-state index in [1.807, 2.05) is 0 Å². The summed E-state index contributed by atoms with van der Waals surface area (Å²) in [7, 11) is 0. The molecule has 2 fully saturated rings. The van der Waals surface area contributed by atoms with Crippen LogP contribution in [0.1, 0.15) is 13.3 Å². The molecule has 0 aromatic rings. The van der Waals surface area contributed by atoms with E-state index in [2.05, 4.69) is 15.9 Å². The number of rotatable bonds is 1. The number of carbonyl (C=O) groups is 3. The fourth-order valence-corrected chi connectivity index (χ4v) is 6.71. The van der Waals surface area contributed by atoms with Crippen molar-refractivity contribution in [3.05, 3.63) is 10.1 Å². The molecule has 0 aromatic carbocycles. The van der Waals surface area contributed by atoms with Crippen molar-refractivity contribution in [1.82, 2.24) is 0 Å². The average molecular weight is 451 g/mol. The van der Waals surface area contributed by atoms with Gasteiger partial charge in [-0.1, -0.05) is 39.1 Å². The van der Waals surface area contributed by atoms with Gasteiger partial charge in [0.15, 0.2) is 11.6 Å². The van der Waals surface area contributed by atoms with Gasteiger partial charge in [0.1, 0.15) is 25.9 Å². The summed E-state index contributed by atoms with van der Waals surface area (Å²) in [6.45, 7) is 1.26. The Morgan fingerprint density at radius 1 is 1.14 bits per heavy atom. The highest BCUT2D eigenvalue weighted by molar-refractivity contribution is 9.09. The van der Waals surface area contributed by atoms with Crippen LogP contribution in [0.15, 0.2) is 10.1 Å². The molecule has 0 N–H and O–H groups in total. The molecular weight excluding hydrogens is 442 g/mol. The zero-order valence-electron chi connectivity index (χ0n) is 11.0. The second-order valence-corrected chi connectivity index (χ2v) is 8.68. The monoisotopic (exact) mass is 448 g/mol. The number of ketones is 2. The molecule has 4 nitrogen and oxygen atoms in total. The number of fused-ring (bicyclic) bond motifs is 5. The lowest BCUT2D eigenvalue weighted by Gasteiger charge is -2.49. The van der Waals surface area contributed by atoms with Crippen LogP contribution in [0.2, 0.25) is 0 Å². The van der Waals surface area contributed by atoms with E-state index in [0.29, 0.717) is 6.42 Å². The first-order chi connectivity index (χ1) is 10.1. The molecule has 0 aliphatic heterocycles. The summed E-state index contributed by atoms with van der Waals surface area (Å²) in [5, 5.41) is -0.813. The Bertz CT molecular complexity index is 650. The van der Waals surface area contributed by atoms with Gasteiger partial charge in [0.25, 0.3) is 0 Å². The van der Waals surface area contributed by atoms with E-state index < -0.39 is 60.1 Å². The van der Waals surface area contributed by atoms with Gasteiger partial charge < -0.3 is 4.74 Å². The Labute approximate surface area is 154 Å². The lowest BCUT2D eigenvalue weighted by molar-refractivity contribution is -0.151. The van der Waals surface area contributed by atoms with Crippen LogP contribution in [0.5, 0.6) is 0 Å². The van der Waals surface area contributed by atoms with Gasteiger partial charge in [-0.2, -0.15) is 0 Å². The van der Waals surface area contributed by atoms with E-state index >= 15 is 0 Å². The first kappa shape index (κ1) is 17.0. The van der Waals surface area contributed by atoms with Gasteiger partial charge in [0.05, 0.1) is 4.83 Å². The number of hydrogen-bond donors (Lipinski definition) is 0. The second-order valence-electron chi connectivity index (χ2n) is 5.68. The van der Waals surface area contributed by atoms with Crippen LogP contribution in [-0.4, -0.2) is 38.2 Å². The maximum absolute atomic E-state index is 12.6. The smallest absolute Gasteiger partial charge is 0.302 e. The van der Waals surface area contributed by atoms with Gasteiger partial charge >= 0.3 is 5.97 Å².